The topological polar surface area (TPSA) is 71.8 Å². The molecule has 0 bridgehead atoms. The van der Waals surface area contributed by atoms with Crippen LogP contribution < -0.4 is 5.32 Å². The summed E-state index contributed by atoms with van der Waals surface area (Å²) in [7, 11) is 1.53. The minimum atomic E-state index is -0.191. The summed E-state index contributed by atoms with van der Waals surface area (Å²) in [5, 5.41) is 3.18. The predicted molar refractivity (Wildman–Crippen MR) is 83.9 cm³/mol. The van der Waals surface area contributed by atoms with Gasteiger partial charge in [-0.05, 0) is 31.2 Å². The molecule has 0 atom stereocenters. The van der Waals surface area contributed by atoms with Crippen LogP contribution in [0.5, 0.6) is 0 Å². The Balaban J connectivity index is 1.62. The summed E-state index contributed by atoms with van der Waals surface area (Å²) in [5.74, 6) is 0.652. The van der Waals surface area contributed by atoms with Gasteiger partial charge in [-0.2, -0.15) is 0 Å². The van der Waals surface area contributed by atoms with Gasteiger partial charge in [-0.3, -0.25) is 9.59 Å². The molecule has 23 heavy (non-hydrogen) atoms. The number of nitrogens with one attached hydrogen (secondary N) is 1. The number of piperidine rings is 1. The quantitative estimate of drug-likeness (QED) is 0.868. The lowest BCUT2D eigenvalue weighted by atomic mass is 9.82. The maximum Gasteiger partial charge on any atom is 0.257 e. The summed E-state index contributed by atoms with van der Waals surface area (Å²) in [6.07, 6.45) is 8.09. The monoisotopic (exact) mass is 320 g/mol. The molecule has 0 spiro atoms. The van der Waals surface area contributed by atoms with E-state index in [0.29, 0.717) is 24.6 Å². The fourth-order valence-electron chi connectivity index (χ4n) is 3.42. The Morgan fingerprint density at radius 1 is 1.39 bits per heavy atom. The molecule has 3 rings (SSSR count). The van der Waals surface area contributed by atoms with Crippen LogP contribution in [-0.2, 0) is 9.53 Å². The Morgan fingerprint density at radius 2 is 2.13 bits per heavy atom. The summed E-state index contributed by atoms with van der Waals surface area (Å²) < 4.78 is 9.92. The van der Waals surface area contributed by atoms with Gasteiger partial charge in [0.05, 0.1) is 11.8 Å². The van der Waals surface area contributed by atoms with E-state index in [9.17, 15) is 9.59 Å². The van der Waals surface area contributed by atoms with E-state index in [-0.39, 0.29) is 24.0 Å². The third-order valence-corrected chi connectivity index (χ3v) is 4.83. The Morgan fingerprint density at radius 3 is 2.70 bits per heavy atom. The first-order chi connectivity index (χ1) is 11.1. The van der Waals surface area contributed by atoms with Crippen molar-refractivity contribution in [3.63, 3.8) is 0 Å². The molecule has 6 nitrogen and oxygen atoms in total. The lowest BCUT2D eigenvalue weighted by molar-refractivity contribution is -0.127. The number of likely N-dealkylation sites (tertiary alicyclic amines) is 1. The molecular formula is C17H24N2O4. The van der Waals surface area contributed by atoms with E-state index >= 15 is 0 Å². The van der Waals surface area contributed by atoms with Crippen LogP contribution in [0.1, 0.15) is 42.5 Å². The van der Waals surface area contributed by atoms with Gasteiger partial charge < -0.3 is 19.4 Å². The highest BCUT2D eigenvalue weighted by Crippen LogP contribution is 2.40. The zero-order valence-electron chi connectivity index (χ0n) is 13.5. The first-order valence-electron chi connectivity index (χ1n) is 8.23. The van der Waals surface area contributed by atoms with Gasteiger partial charge in [-0.1, -0.05) is 12.8 Å². The Labute approximate surface area is 136 Å². The molecule has 1 aliphatic heterocycles. The summed E-state index contributed by atoms with van der Waals surface area (Å²) >= 11 is 0. The Kier molecular flexibility index (Phi) is 4.71. The lowest BCUT2D eigenvalue weighted by Crippen LogP contribution is -2.57. The van der Waals surface area contributed by atoms with Crippen LogP contribution in [0, 0.1) is 5.92 Å². The average molecular weight is 320 g/mol. The number of hydrogen-bond donors (Lipinski definition) is 1. The van der Waals surface area contributed by atoms with Crippen molar-refractivity contribution in [2.75, 3.05) is 26.8 Å². The Bertz CT molecular complexity index is 543. The van der Waals surface area contributed by atoms with Gasteiger partial charge >= 0.3 is 0 Å². The second kappa shape index (κ2) is 6.74. The molecule has 0 aromatic carbocycles. The summed E-state index contributed by atoms with van der Waals surface area (Å²) in [5.41, 5.74) is 0.396. The number of carbonyl (C=O) groups is 2. The fourth-order valence-corrected chi connectivity index (χ4v) is 3.42. The maximum atomic E-state index is 12.4. The first kappa shape index (κ1) is 16.1. The van der Waals surface area contributed by atoms with Crippen LogP contribution in [-0.4, -0.2) is 49.1 Å². The SMILES string of the molecule is COCC(=O)NC1(CC2CC2)CCN(C(=O)c2ccoc2)CC1. The molecule has 1 aliphatic carbocycles. The normalized spacial score (nSPS) is 20.3. The van der Waals surface area contributed by atoms with Gasteiger partial charge in [-0.25, -0.2) is 0 Å². The molecule has 1 saturated heterocycles. The molecule has 126 valence electrons. The highest BCUT2D eigenvalue weighted by molar-refractivity contribution is 5.93. The van der Waals surface area contributed by atoms with Crippen LogP contribution in [0.2, 0.25) is 0 Å². The number of amides is 2. The second-order valence-corrected chi connectivity index (χ2v) is 6.71. The van der Waals surface area contributed by atoms with Gasteiger partial charge in [-0.15, -0.1) is 0 Å². The molecule has 1 saturated carbocycles. The number of ether oxygens (including phenoxy) is 1. The van der Waals surface area contributed by atoms with Gasteiger partial charge in [0, 0.05) is 25.7 Å². The molecule has 1 aromatic rings. The van der Waals surface area contributed by atoms with E-state index in [0.717, 1.165) is 19.3 Å². The number of nitrogens with zero attached hydrogens (tertiary/aromatic N) is 1. The fraction of sp³-hybridized carbons (Fsp3) is 0.647. The van der Waals surface area contributed by atoms with Crippen molar-refractivity contribution in [1.82, 2.24) is 10.2 Å². The van der Waals surface area contributed by atoms with Crippen LogP contribution in [0.4, 0.5) is 0 Å². The highest BCUT2D eigenvalue weighted by Gasteiger charge is 2.41. The van der Waals surface area contributed by atoms with Crippen molar-refractivity contribution in [2.24, 2.45) is 5.92 Å². The molecule has 1 aromatic heterocycles. The molecule has 2 amide bonds. The van der Waals surface area contributed by atoms with E-state index in [1.54, 1.807) is 6.07 Å². The van der Waals surface area contributed by atoms with Crippen molar-refractivity contribution >= 4 is 11.8 Å². The van der Waals surface area contributed by atoms with Crippen molar-refractivity contribution < 1.29 is 18.7 Å². The molecular weight excluding hydrogens is 296 g/mol. The molecule has 0 radical (unpaired) electrons. The van der Waals surface area contributed by atoms with Gasteiger partial charge in [0.1, 0.15) is 12.9 Å². The standard InChI is InChI=1S/C17H24N2O4/c1-22-12-15(20)18-17(10-13-2-3-13)5-7-19(8-6-17)16(21)14-4-9-23-11-14/h4,9,11,13H,2-3,5-8,10,12H2,1H3,(H,18,20). The molecule has 6 heteroatoms. The molecule has 2 heterocycles. The summed E-state index contributed by atoms with van der Waals surface area (Å²) in [4.78, 5) is 26.2. The van der Waals surface area contributed by atoms with E-state index < -0.39 is 0 Å². The number of methoxy groups -OCH3 is 1. The van der Waals surface area contributed by atoms with Crippen LogP contribution >= 0.6 is 0 Å². The van der Waals surface area contributed by atoms with E-state index in [1.165, 1.54) is 32.5 Å². The zero-order valence-corrected chi connectivity index (χ0v) is 13.5. The van der Waals surface area contributed by atoms with Gasteiger partial charge in [0.25, 0.3) is 5.91 Å². The van der Waals surface area contributed by atoms with E-state index in [4.69, 9.17) is 9.15 Å². The zero-order chi connectivity index (χ0) is 16.3. The van der Waals surface area contributed by atoms with Crippen molar-refractivity contribution in [3.05, 3.63) is 24.2 Å². The lowest BCUT2D eigenvalue weighted by Gasteiger charge is -2.42. The van der Waals surface area contributed by atoms with E-state index in [2.05, 4.69) is 5.32 Å². The minimum absolute atomic E-state index is 0.00184. The third kappa shape index (κ3) is 3.93. The average Bonchev–Trinajstić information content (AvgIpc) is 3.16. The van der Waals surface area contributed by atoms with Crippen molar-refractivity contribution in [2.45, 2.75) is 37.6 Å². The molecule has 2 fully saturated rings. The molecule has 0 unspecified atom stereocenters. The highest BCUT2D eigenvalue weighted by atomic mass is 16.5. The number of hydrogen-bond acceptors (Lipinski definition) is 4. The largest absolute Gasteiger partial charge is 0.472 e. The second-order valence-electron chi connectivity index (χ2n) is 6.71. The number of rotatable bonds is 6. The Hall–Kier alpha value is -1.82. The predicted octanol–water partition coefficient (Wildman–Crippen LogP) is 1.82. The maximum absolute atomic E-state index is 12.4. The van der Waals surface area contributed by atoms with Crippen LogP contribution in [0.3, 0.4) is 0 Å². The third-order valence-electron chi connectivity index (χ3n) is 4.83. The van der Waals surface area contributed by atoms with Crippen molar-refractivity contribution in [3.8, 4) is 0 Å². The van der Waals surface area contributed by atoms with Gasteiger partial charge in [0.2, 0.25) is 5.91 Å². The molecule has 2 aliphatic rings. The van der Waals surface area contributed by atoms with Gasteiger partial charge in [0.15, 0.2) is 0 Å². The smallest absolute Gasteiger partial charge is 0.257 e. The minimum Gasteiger partial charge on any atom is -0.472 e. The first-order valence-corrected chi connectivity index (χ1v) is 8.23. The van der Waals surface area contributed by atoms with Crippen LogP contribution in [0.25, 0.3) is 0 Å². The number of carbonyl (C=O) groups excluding carboxylic acids is 2. The van der Waals surface area contributed by atoms with E-state index in [1.807, 2.05) is 4.90 Å². The number of furan rings is 1. The van der Waals surface area contributed by atoms with Crippen LogP contribution in [0.15, 0.2) is 23.0 Å². The molecule has 1 N–H and O–H groups in total. The van der Waals surface area contributed by atoms with Crippen molar-refractivity contribution in [1.29, 1.82) is 0 Å². The summed E-state index contributed by atoms with van der Waals surface area (Å²) in [6.45, 7) is 1.40. The summed E-state index contributed by atoms with van der Waals surface area (Å²) in [6, 6.07) is 1.69.